The molecule has 1 aromatic heterocycles. The van der Waals surface area contributed by atoms with Crippen LogP contribution in [0.15, 0.2) is 95.9 Å². The SMILES string of the molecule is CCCN1/C(=C/C=C2\CCCC(/C=C/C3=[N+](CCC)c4ccccc4C3(C)C)=C2n2cc(CCCCCCCCC(=O)O)nn2)C(C)(C)c2ccccc21. The van der Waals surface area contributed by atoms with Gasteiger partial charge in [0, 0.05) is 53.9 Å². The molecule has 3 aliphatic rings. The molecule has 0 unspecified atom stereocenters. The van der Waals surface area contributed by atoms with Crippen molar-refractivity contribution in [1.29, 1.82) is 0 Å². The van der Waals surface area contributed by atoms with Gasteiger partial charge in [-0.15, -0.1) is 5.10 Å². The van der Waals surface area contributed by atoms with E-state index in [1.54, 1.807) is 0 Å². The molecular weight excluding hydrogens is 667 g/mol. The summed E-state index contributed by atoms with van der Waals surface area (Å²) in [6.07, 6.45) is 24.2. The van der Waals surface area contributed by atoms with Gasteiger partial charge in [-0.1, -0.05) is 107 Å². The number of aryl methyl sites for hydroxylation is 1. The van der Waals surface area contributed by atoms with Crippen LogP contribution in [0.25, 0.3) is 5.70 Å². The van der Waals surface area contributed by atoms with Crippen LogP contribution in [-0.4, -0.2) is 49.4 Å². The molecule has 0 fully saturated rings. The quantitative estimate of drug-likeness (QED) is 0.111. The van der Waals surface area contributed by atoms with Crippen LogP contribution < -0.4 is 4.90 Å². The summed E-state index contributed by atoms with van der Waals surface area (Å²) < 4.78 is 4.59. The number of anilines is 1. The molecule has 0 saturated carbocycles. The van der Waals surface area contributed by atoms with Crippen LogP contribution >= 0.6 is 0 Å². The summed E-state index contributed by atoms with van der Waals surface area (Å²) in [7, 11) is 0. The molecule has 7 nitrogen and oxygen atoms in total. The number of carboxylic acids is 1. The fourth-order valence-electron chi connectivity index (χ4n) is 8.91. The summed E-state index contributed by atoms with van der Waals surface area (Å²) in [5.74, 6) is -0.698. The van der Waals surface area contributed by atoms with Crippen molar-refractivity contribution in [3.8, 4) is 0 Å². The highest BCUT2D eigenvalue weighted by molar-refractivity contribution is 6.03. The molecule has 1 aliphatic carbocycles. The molecule has 6 rings (SSSR count). The number of fused-ring (bicyclic) bond motifs is 2. The number of aromatic nitrogens is 3. The van der Waals surface area contributed by atoms with Crippen LogP contribution in [0.4, 0.5) is 11.4 Å². The fourth-order valence-corrected chi connectivity index (χ4v) is 8.91. The molecule has 0 bridgehead atoms. The van der Waals surface area contributed by atoms with Crippen LogP contribution in [0, 0.1) is 0 Å². The number of hydrogen-bond donors (Lipinski definition) is 1. The van der Waals surface area contributed by atoms with Gasteiger partial charge in [0.05, 0.1) is 23.0 Å². The van der Waals surface area contributed by atoms with Crippen LogP contribution in [-0.2, 0) is 22.0 Å². The Morgan fingerprint density at radius 2 is 1.57 bits per heavy atom. The normalized spacial score (nSPS) is 19.1. The van der Waals surface area contributed by atoms with E-state index in [4.69, 9.17) is 15.4 Å². The molecular formula is C47H62N5O2+. The molecule has 54 heavy (non-hydrogen) atoms. The molecule has 0 spiro atoms. The van der Waals surface area contributed by atoms with E-state index in [1.807, 2.05) is 0 Å². The molecule has 3 heterocycles. The third-order valence-corrected chi connectivity index (χ3v) is 11.7. The van der Waals surface area contributed by atoms with E-state index in [2.05, 4.69) is 135 Å². The van der Waals surface area contributed by atoms with E-state index in [9.17, 15) is 4.79 Å². The number of carboxylic acid groups (broad SMARTS) is 1. The van der Waals surface area contributed by atoms with E-state index in [0.717, 1.165) is 102 Å². The Morgan fingerprint density at radius 1 is 0.852 bits per heavy atom. The number of aliphatic carboxylic acids is 1. The maximum Gasteiger partial charge on any atom is 0.303 e. The Kier molecular flexibility index (Phi) is 12.6. The van der Waals surface area contributed by atoms with Gasteiger partial charge in [0.15, 0.2) is 5.71 Å². The number of hydrogen-bond acceptors (Lipinski definition) is 4. The number of allylic oxidation sites excluding steroid dienone is 8. The highest BCUT2D eigenvalue weighted by Crippen LogP contribution is 2.48. The van der Waals surface area contributed by atoms with Crippen LogP contribution in [0.2, 0.25) is 0 Å². The first-order valence-electron chi connectivity index (χ1n) is 20.7. The van der Waals surface area contributed by atoms with Crippen molar-refractivity contribution in [2.24, 2.45) is 0 Å². The average Bonchev–Trinajstić information content (AvgIpc) is 3.77. The zero-order valence-electron chi connectivity index (χ0n) is 33.7. The molecule has 7 heteroatoms. The van der Waals surface area contributed by atoms with Crippen molar-refractivity contribution in [1.82, 2.24) is 15.0 Å². The minimum atomic E-state index is -0.698. The lowest BCUT2D eigenvalue weighted by molar-refractivity contribution is -0.437. The van der Waals surface area contributed by atoms with E-state index in [1.165, 1.54) is 45.1 Å². The highest BCUT2D eigenvalue weighted by Gasteiger charge is 2.44. The first kappa shape index (κ1) is 39.2. The van der Waals surface area contributed by atoms with Crippen molar-refractivity contribution in [3.05, 3.63) is 113 Å². The Morgan fingerprint density at radius 3 is 2.33 bits per heavy atom. The Labute approximate surface area is 323 Å². The number of unbranched alkanes of at least 4 members (excludes halogenated alkanes) is 5. The Bertz CT molecular complexity index is 1970. The lowest BCUT2D eigenvalue weighted by Crippen LogP contribution is -2.28. The van der Waals surface area contributed by atoms with Gasteiger partial charge in [-0.3, -0.25) is 4.79 Å². The average molecular weight is 729 g/mol. The van der Waals surface area contributed by atoms with Crippen LogP contribution in [0.5, 0.6) is 0 Å². The van der Waals surface area contributed by atoms with Crippen molar-refractivity contribution in [2.45, 2.75) is 136 Å². The number of carbonyl (C=O) groups is 1. The van der Waals surface area contributed by atoms with E-state index < -0.39 is 5.97 Å². The van der Waals surface area contributed by atoms with Gasteiger partial charge in [0.2, 0.25) is 5.69 Å². The molecule has 0 amide bonds. The van der Waals surface area contributed by atoms with Crippen LogP contribution in [0.3, 0.4) is 0 Å². The molecule has 1 N–H and O–H groups in total. The minimum Gasteiger partial charge on any atom is -0.481 e. The highest BCUT2D eigenvalue weighted by atomic mass is 16.4. The fraction of sp³-hybridized carbons (Fsp3) is 0.489. The Balaban J connectivity index is 1.34. The lowest BCUT2D eigenvalue weighted by atomic mass is 9.81. The van der Waals surface area contributed by atoms with Crippen LogP contribution in [0.1, 0.15) is 135 Å². The topological polar surface area (TPSA) is 74.3 Å². The van der Waals surface area contributed by atoms with Crippen molar-refractivity contribution >= 4 is 28.8 Å². The zero-order chi connectivity index (χ0) is 38.3. The van der Waals surface area contributed by atoms with Gasteiger partial charge in [-0.2, -0.15) is 4.58 Å². The van der Waals surface area contributed by atoms with Gasteiger partial charge in [0.25, 0.3) is 0 Å². The third-order valence-electron chi connectivity index (χ3n) is 11.7. The lowest BCUT2D eigenvalue weighted by Gasteiger charge is -2.27. The van der Waals surface area contributed by atoms with Gasteiger partial charge >= 0.3 is 5.97 Å². The zero-order valence-corrected chi connectivity index (χ0v) is 33.7. The monoisotopic (exact) mass is 728 g/mol. The molecule has 286 valence electrons. The maximum absolute atomic E-state index is 10.8. The molecule has 3 aromatic rings. The van der Waals surface area contributed by atoms with E-state index in [-0.39, 0.29) is 17.3 Å². The molecule has 2 aliphatic heterocycles. The van der Waals surface area contributed by atoms with Crippen molar-refractivity contribution in [2.75, 3.05) is 18.0 Å². The second-order valence-electron chi connectivity index (χ2n) is 16.4. The van der Waals surface area contributed by atoms with Gasteiger partial charge < -0.3 is 10.0 Å². The predicted octanol–water partition coefficient (Wildman–Crippen LogP) is 11.1. The van der Waals surface area contributed by atoms with Crippen molar-refractivity contribution < 1.29 is 14.5 Å². The number of para-hydroxylation sites is 2. The minimum absolute atomic E-state index is 0.0940. The second-order valence-corrected chi connectivity index (χ2v) is 16.4. The summed E-state index contributed by atoms with van der Waals surface area (Å²) in [4.78, 5) is 13.3. The number of benzene rings is 2. The summed E-state index contributed by atoms with van der Waals surface area (Å²) in [5.41, 5.74) is 12.7. The van der Waals surface area contributed by atoms with E-state index >= 15 is 0 Å². The molecule has 0 saturated heterocycles. The van der Waals surface area contributed by atoms with Gasteiger partial charge in [-0.25, -0.2) is 4.68 Å². The largest absolute Gasteiger partial charge is 0.481 e. The number of rotatable bonds is 17. The number of nitrogens with zero attached hydrogens (tertiary/aromatic N) is 5. The van der Waals surface area contributed by atoms with E-state index in [0.29, 0.717) is 0 Å². The van der Waals surface area contributed by atoms with Gasteiger partial charge in [-0.05, 0) is 87.6 Å². The first-order chi connectivity index (χ1) is 26.1. The van der Waals surface area contributed by atoms with Gasteiger partial charge in [0.1, 0.15) is 6.54 Å². The van der Waals surface area contributed by atoms with Crippen molar-refractivity contribution in [3.63, 3.8) is 0 Å². The summed E-state index contributed by atoms with van der Waals surface area (Å²) >= 11 is 0. The third kappa shape index (κ3) is 8.25. The molecule has 0 atom stereocenters. The summed E-state index contributed by atoms with van der Waals surface area (Å²) in [6.45, 7) is 15.9. The predicted molar refractivity (Wildman–Crippen MR) is 223 cm³/mol. The summed E-state index contributed by atoms with van der Waals surface area (Å²) in [5, 5.41) is 18.4. The maximum atomic E-state index is 10.8. The summed E-state index contributed by atoms with van der Waals surface area (Å²) in [6, 6.07) is 17.8. The molecule has 2 aromatic carbocycles. The smallest absolute Gasteiger partial charge is 0.303 e. The Hall–Kier alpha value is -4.52. The first-order valence-corrected chi connectivity index (χ1v) is 20.7. The second kappa shape index (κ2) is 17.3. The standard InChI is InChI=1S/C47H61N5O2/c1-7-32-50-40-25-17-15-23-38(40)46(3,4)42(50)30-28-35-20-19-21-36(29-31-43-47(5,6)39-24-16-18-26-41(39)51(43)33-8-2)45(35)52-34-37(48-49-52)22-13-11-9-10-12-14-27-44(53)54/h15-18,23-26,28-31,34H,7-14,19-22,27,32-33H2,1-6H3/p+1. The molecule has 0 radical (unpaired) electrons.